The summed E-state index contributed by atoms with van der Waals surface area (Å²) >= 11 is 0. The standard InChI is InChI=1S/C38H28N2O12S3/c39-25-7-11-27(12-8-25)51-29-15-17-35(33(21-29)37(41)23-3-1-5-31(19-23)54(45,46)47)53(43,44)36-18-16-30(52-28-13-9-26(40)10-14-28)22-34(36)38(42)24-4-2-6-32(20-24)55(48,49)50/h1-22H,39-40H2,(H,45,46,47)(H,48,49,50). The summed E-state index contributed by atoms with van der Waals surface area (Å²) < 4.78 is 108. The van der Waals surface area contributed by atoms with Crippen LogP contribution in [0.2, 0.25) is 0 Å². The lowest BCUT2D eigenvalue weighted by Crippen LogP contribution is -2.15. The van der Waals surface area contributed by atoms with Crippen molar-refractivity contribution in [2.75, 3.05) is 11.5 Å². The number of rotatable bonds is 12. The number of nitrogen functional groups attached to an aromatic ring is 2. The van der Waals surface area contributed by atoms with Gasteiger partial charge in [-0.25, -0.2) is 8.42 Å². The Bertz CT molecular complexity index is 2640. The van der Waals surface area contributed by atoms with Gasteiger partial charge in [-0.1, -0.05) is 24.3 Å². The van der Waals surface area contributed by atoms with E-state index in [1.807, 2.05) is 0 Å². The van der Waals surface area contributed by atoms with Crippen LogP contribution in [0.25, 0.3) is 0 Å². The summed E-state index contributed by atoms with van der Waals surface area (Å²) in [6.45, 7) is 0. The van der Waals surface area contributed by atoms with Gasteiger partial charge in [-0.05, 0) is 109 Å². The number of anilines is 2. The van der Waals surface area contributed by atoms with Gasteiger partial charge >= 0.3 is 0 Å². The summed E-state index contributed by atoms with van der Waals surface area (Å²) in [7, 11) is -14.4. The molecule has 6 rings (SSSR count). The second-order valence-corrected chi connectivity index (χ2v) is 16.6. The molecule has 0 radical (unpaired) electrons. The van der Waals surface area contributed by atoms with Gasteiger partial charge in [0.1, 0.15) is 23.0 Å². The fourth-order valence-corrected chi connectivity index (χ4v) is 8.00. The van der Waals surface area contributed by atoms with Crippen molar-refractivity contribution < 1.29 is 53.4 Å². The number of sulfone groups is 1. The van der Waals surface area contributed by atoms with Crippen molar-refractivity contribution in [2.24, 2.45) is 0 Å². The molecule has 17 heteroatoms. The molecule has 0 saturated carbocycles. The van der Waals surface area contributed by atoms with Crippen LogP contribution in [0, 0.1) is 0 Å². The molecular formula is C38H28N2O12S3. The second kappa shape index (κ2) is 14.8. The molecule has 0 spiro atoms. The maximum absolute atomic E-state index is 14.7. The lowest BCUT2D eigenvalue weighted by Gasteiger charge is -2.16. The van der Waals surface area contributed by atoms with Gasteiger partial charge < -0.3 is 20.9 Å². The van der Waals surface area contributed by atoms with Crippen molar-refractivity contribution in [2.45, 2.75) is 19.6 Å². The minimum Gasteiger partial charge on any atom is -0.457 e. The van der Waals surface area contributed by atoms with E-state index < -0.39 is 72.3 Å². The van der Waals surface area contributed by atoms with Crippen LogP contribution in [0.1, 0.15) is 31.8 Å². The molecule has 6 aromatic rings. The van der Waals surface area contributed by atoms with Gasteiger partial charge in [-0.3, -0.25) is 18.7 Å². The van der Waals surface area contributed by atoms with Crippen LogP contribution in [0.4, 0.5) is 11.4 Å². The Balaban J connectivity index is 1.54. The quantitative estimate of drug-likeness (QED) is 0.0609. The third-order valence-corrected chi connectivity index (χ3v) is 11.6. The molecule has 0 bridgehead atoms. The normalized spacial score (nSPS) is 11.8. The van der Waals surface area contributed by atoms with E-state index in [1.54, 1.807) is 24.3 Å². The first-order chi connectivity index (χ1) is 25.9. The van der Waals surface area contributed by atoms with Gasteiger partial charge in [0.15, 0.2) is 11.6 Å². The molecule has 0 aliphatic heterocycles. The van der Waals surface area contributed by atoms with Crippen LogP contribution in [-0.4, -0.2) is 45.9 Å². The minimum absolute atomic E-state index is 0.0106. The molecule has 6 aromatic carbocycles. The fraction of sp³-hybridized carbons (Fsp3) is 0. The molecule has 0 amide bonds. The monoisotopic (exact) mass is 800 g/mol. The zero-order valence-electron chi connectivity index (χ0n) is 28.1. The second-order valence-electron chi connectivity index (χ2n) is 11.8. The molecule has 0 heterocycles. The number of hydrogen-bond donors (Lipinski definition) is 4. The number of hydrogen-bond acceptors (Lipinski definition) is 12. The highest BCUT2D eigenvalue weighted by Gasteiger charge is 2.31. The summed E-state index contributed by atoms with van der Waals surface area (Å²) in [4.78, 5) is 25.7. The topological polar surface area (TPSA) is 248 Å². The van der Waals surface area contributed by atoms with Crippen LogP contribution < -0.4 is 20.9 Å². The average molecular weight is 801 g/mol. The molecular weight excluding hydrogens is 773 g/mol. The van der Waals surface area contributed by atoms with Gasteiger partial charge in [0, 0.05) is 33.6 Å². The van der Waals surface area contributed by atoms with Crippen LogP contribution in [0.15, 0.2) is 153 Å². The third-order valence-electron chi connectivity index (χ3n) is 7.99. The van der Waals surface area contributed by atoms with Gasteiger partial charge in [0.25, 0.3) is 20.2 Å². The van der Waals surface area contributed by atoms with Gasteiger partial charge in [0.2, 0.25) is 9.84 Å². The highest BCUT2D eigenvalue weighted by Crippen LogP contribution is 2.36. The van der Waals surface area contributed by atoms with Gasteiger partial charge in [-0.15, -0.1) is 0 Å². The van der Waals surface area contributed by atoms with Crippen LogP contribution in [0.5, 0.6) is 23.0 Å². The molecule has 0 saturated heterocycles. The zero-order valence-corrected chi connectivity index (χ0v) is 30.5. The van der Waals surface area contributed by atoms with E-state index in [2.05, 4.69) is 0 Å². The summed E-state index contributed by atoms with van der Waals surface area (Å²) in [6.07, 6.45) is 0. The zero-order chi connectivity index (χ0) is 39.7. The molecule has 0 fully saturated rings. The highest BCUT2D eigenvalue weighted by atomic mass is 32.2. The minimum atomic E-state index is -4.89. The van der Waals surface area contributed by atoms with Crippen LogP contribution in [-0.2, 0) is 30.1 Å². The Labute approximate surface area is 315 Å². The Hall–Kier alpha value is -6.37. The van der Waals surface area contributed by atoms with Crippen molar-refractivity contribution in [1.29, 1.82) is 0 Å². The maximum atomic E-state index is 14.7. The third kappa shape index (κ3) is 8.56. The first-order valence-electron chi connectivity index (χ1n) is 15.7. The average Bonchev–Trinajstić information content (AvgIpc) is 3.15. The Morgan fingerprint density at radius 3 is 1.15 bits per heavy atom. The molecule has 14 nitrogen and oxygen atoms in total. The summed E-state index contributed by atoms with van der Waals surface area (Å²) in [6, 6.07) is 27.7. The number of benzene rings is 6. The molecule has 0 aliphatic rings. The van der Waals surface area contributed by atoms with E-state index in [1.165, 1.54) is 60.7 Å². The summed E-state index contributed by atoms with van der Waals surface area (Å²) in [5, 5.41) is 0. The predicted molar refractivity (Wildman–Crippen MR) is 200 cm³/mol. The van der Waals surface area contributed by atoms with Crippen LogP contribution >= 0.6 is 0 Å². The summed E-state index contributed by atoms with van der Waals surface area (Å²) in [5.41, 5.74) is 10.7. The smallest absolute Gasteiger partial charge is 0.294 e. The Kier molecular flexibility index (Phi) is 10.3. The SMILES string of the molecule is Nc1ccc(Oc2ccc(S(=O)(=O)c3ccc(Oc4ccc(N)cc4)cc3C(=O)c3cccc(S(=O)(=O)O)c3)c(C(=O)c3cccc(S(=O)(=O)O)c3)c2)cc1. The van der Waals surface area contributed by atoms with Crippen molar-refractivity contribution in [3.63, 3.8) is 0 Å². The molecule has 0 atom stereocenters. The molecule has 280 valence electrons. The fourth-order valence-electron chi connectivity index (χ4n) is 5.34. The molecule has 6 N–H and O–H groups in total. The van der Waals surface area contributed by atoms with E-state index in [4.69, 9.17) is 20.9 Å². The number of carbonyl (C=O) groups excluding carboxylic acids is 2. The first-order valence-corrected chi connectivity index (χ1v) is 20.1. The van der Waals surface area contributed by atoms with E-state index in [-0.39, 0.29) is 34.1 Å². The Morgan fingerprint density at radius 1 is 0.455 bits per heavy atom. The first kappa shape index (κ1) is 38.4. The van der Waals surface area contributed by atoms with Crippen molar-refractivity contribution in [3.05, 3.63) is 156 Å². The van der Waals surface area contributed by atoms with Crippen molar-refractivity contribution in [3.8, 4) is 23.0 Å². The number of ether oxygens (including phenoxy) is 2. The maximum Gasteiger partial charge on any atom is 0.294 e. The summed E-state index contributed by atoms with van der Waals surface area (Å²) in [5.74, 6) is -1.47. The van der Waals surface area contributed by atoms with Gasteiger partial charge in [0.05, 0.1) is 19.6 Å². The largest absolute Gasteiger partial charge is 0.457 e. The van der Waals surface area contributed by atoms with Crippen molar-refractivity contribution >= 4 is 53.0 Å². The lowest BCUT2D eigenvalue weighted by atomic mass is 10.0. The number of carbonyl (C=O) groups is 2. The molecule has 0 aromatic heterocycles. The molecule has 0 aliphatic carbocycles. The lowest BCUT2D eigenvalue weighted by molar-refractivity contribution is 0.102. The predicted octanol–water partition coefficient (Wildman–Crippen LogP) is 6.22. The number of ketones is 2. The van der Waals surface area contributed by atoms with E-state index in [0.29, 0.717) is 11.4 Å². The van der Waals surface area contributed by atoms with Crippen molar-refractivity contribution in [1.82, 2.24) is 0 Å². The number of nitrogens with two attached hydrogens (primary N) is 2. The van der Waals surface area contributed by atoms with Crippen LogP contribution in [0.3, 0.4) is 0 Å². The van der Waals surface area contributed by atoms with E-state index >= 15 is 0 Å². The highest BCUT2D eigenvalue weighted by molar-refractivity contribution is 7.91. The van der Waals surface area contributed by atoms with E-state index in [0.717, 1.165) is 48.5 Å². The molecule has 0 unspecified atom stereocenters. The van der Waals surface area contributed by atoms with E-state index in [9.17, 15) is 43.9 Å². The Morgan fingerprint density at radius 2 is 0.800 bits per heavy atom. The molecule has 55 heavy (non-hydrogen) atoms. The van der Waals surface area contributed by atoms with Gasteiger partial charge in [-0.2, -0.15) is 16.8 Å².